The minimum absolute atomic E-state index is 0.0395. The van der Waals surface area contributed by atoms with Crippen LogP contribution in [-0.2, 0) is 9.53 Å². The number of rotatable bonds is 3. The second-order valence-corrected chi connectivity index (χ2v) is 5.15. The van der Waals surface area contributed by atoms with E-state index >= 15 is 0 Å². The first-order valence-electron chi connectivity index (χ1n) is 6.00. The van der Waals surface area contributed by atoms with Gasteiger partial charge in [-0.25, -0.2) is 4.79 Å². The lowest BCUT2D eigenvalue weighted by molar-refractivity contribution is -0.154. The fourth-order valence-corrected chi connectivity index (χ4v) is 2.36. The molecule has 1 saturated heterocycles. The van der Waals surface area contributed by atoms with Gasteiger partial charge in [-0.3, -0.25) is 4.79 Å². The summed E-state index contributed by atoms with van der Waals surface area (Å²) in [4.78, 5) is 24.9. The zero-order valence-corrected chi connectivity index (χ0v) is 12.4. The fourth-order valence-electron chi connectivity index (χ4n) is 1.95. The van der Waals surface area contributed by atoms with Crippen LogP contribution >= 0.6 is 15.9 Å². The van der Waals surface area contributed by atoms with Crippen molar-refractivity contribution in [2.75, 3.05) is 26.8 Å². The lowest BCUT2D eigenvalue weighted by Gasteiger charge is -2.31. The molecule has 0 radical (unpaired) electrons. The first-order chi connectivity index (χ1) is 9.52. The molecule has 108 valence electrons. The second kappa shape index (κ2) is 6.23. The number of nitrogens with zero attached hydrogens (tertiary/aromatic N) is 1. The number of aliphatic carboxylic acids is 1. The van der Waals surface area contributed by atoms with Gasteiger partial charge in [0.1, 0.15) is 5.75 Å². The third-order valence-electron chi connectivity index (χ3n) is 3.03. The third kappa shape index (κ3) is 3.10. The lowest BCUT2D eigenvalue weighted by Crippen LogP contribution is -2.48. The van der Waals surface area contributed by atoms with E-state index in [4.69, 9.17) is 14.6 Å². The van der Waals surface area contributed by atoms with Crippen LogP contribution in [0.25, 0.3) is 0 Å². The maximum absolute atomic E-state index is 12.4. The van der Waals surface area contributed by atoms with Crippen LogP contribution < -0.4 is 4.74 Å². The molecule has 1 aliphatic heterocycles. The Bertz CT molecular complexity index is 533. The van der Waals surface area contributed by atoms with Gasteiger partial charge in [-0.1, -0.05) is 0 Å². The summed E-state index contributed by atoms with van der Waals surface area (Å²) in [6.45, 7) is 0.619. The highest BCUT2D eigenvalue weighted by Crippen LogP contribution is 2.24. The Kier molecular flexibility index (Phi) is 4.61. The molecule has 0 bridgehead atoms. The summed E-state index contributed by atoms with van der Waals surface area (Å²) in [6, 6.07) is 5.08. The highest BCUT2D eigenvalue weighted by Gasteiger charge is 2.30. The topological polar surface area (TPSA) is 76.1 Å². The summed E-state index contributed by atoms with van der Waals surface area (Å²) in [6.07, 6.45) is -0.975. The van der Waals surface area contributed by atoms with Gasteiger partial charge in [0.15, 0.2) is 6.10 Å². The number of morpholine rings is 1. The molecule has 1 aliphatic rings. The highest BCUT2D eigenvalue weighted by molar-refractivity contribution is 9.10. The van der Waals surface area contributed by atoms with Gasteiger partial charge >= 0.3 is 5.97 Å². The summed E-state index contributed by atoms with van der Waals surface area (Å²) < 4.78 is 10.8. The van der Waals surface area contributed by atoms with E-state index in [0.717, 1.165) is 0 Å². The van der Waals surface area contributed by atoms with E-state index in [9.17, 15) is 9.59 Å². The highest BCUT2D eigenvalue weighted by atomic mass is 79.9. The molecule has 0 saturated carbocycles. The number of carbonyl (C=O) groups excluding carboxylic acids is 1. The number of hydrogen-bond acceptors (Lipinski definition) is 4. The zero-order chi connectivity index (χ0) is 14.7. The van der Waals surface area contributed by atoms with Gasteiger partial charge in [0.2, 0.25) is 0 Å². The first kappa shape index (κ1) is 14.8. The number of carboxylic acid groups (broad SMARTS) is 1. The zero-order valence-electron chi connectivity index (χ0n) is 10.8. The Morgan fingerprint density at radius 3 is 2.90 bits per heavy atom. The Labute approximate surface area is 124 Å². The molecule has 1 fully saturated rings. The predicted octanol–water partition coefficient (Wildman–Crippen LogP) is 1.38. The molecular weight excluding hydrogens is 330 g/mol. The Morgan fingerprint density at radius 2 is 2.25 bits per heavy atom. The van der Waals surface area contributed by atoms with E-state index in [1.807, 2.05) is 0 Å². The number of carboxylic acids is 1. The Morgan fingerprint density at radius 1 is 1.50 bits per heavy atom. The molecule has 6 nitrogen and oxygen atoms in total. The normalized spacial score (nSPS) is 18.7. The minimum Gasteiger partial charge on any atom is -0.497 e. The number of methoxy groups -OCH3 is 1. The summed E-state index contributed by atoms with van der Waals surface area (Å²) >= 11 is 3.32. The molecule has 1 heterocycles. The van der Waals surface area contributed by atoms with Crippen molar-refractivity contribution in [2.24, 2.45) is 0 Å². The van der Waals surface area contributed by atoms with E-state index in [2.05, 4.69) is 15.9 Å². The molecule has 20 heavy (non-hydrogen) atoms. The van der Waals surface area contributed by atoms with Crippen molar-refractivity contribution in [1.82, 2.24) is 4.90 Å². The van der Waals surface area contributed by atoms with Crippen LogP contribution in [0.3, 0.4) is 0 Å². The van der Waals surface area contributed by atoms with Crippen molar-refractivity contribution in [3.63, 3.8) is 0 Å². The van der Waals surface area contributed by atoms with Crippen LogP contribution in [-0.4, -0.2) is 54.8 Å². The van der Waals surface area contributed by atoms with Crippen LogP contribution in [0.15, 0.2) is 22.7 Å². The van der Waals surface area contributed by atoms with E-state index < -0.39 is 12.1 Å². The molecular formula is C13H14BrNO5. The molecule has 1 amide bonds. The number of amides is 1. The summed E-state index contributed by atoms with van der Waals surface area (Å²) in [5.41, 5.74) is 0.440. The smallest absolute Gasteiger partial charge is 0.334 e. The van der Waals surface area contributed by atoms with E-state index in [-0.39, 0.29) is 19.1 Å². The number of halogens is 1. The van der Waals surface area contributed by atoms with E-state index in [0.29, 0.717) is 22.3 Å². The second-order valence-electron chi connectivity index (χ2n) is 4.29. The lowest BCUT2D eigenvalue weighted by atomic mass is 10.1. The van der Waals surface area contributed by atoms with Crippen LogP contribution in [0.5, 0.6) is 5.75 Å². The van der Waals surface area contributed by atoms with Crippen LogP contribution in [0.4, 0.5) is 0 Å². The summed E-state index contributed by atoms with van der Waals surface area (Å²) in [5, 5.41) is 8.95. The van der Waals surface area contributed by atoms with Crippen molar-refractivity contribution in [3.8, 4) is 5.75 Å². The first-order valence-corrected chi connectivity index (χ1v) is 6.79. The number of ether oxygens (including phenoxy) is 2. The molecule has 1 unspecified atom stereocenters. The van der Waals surface area contributed by atoms with Crippen molar-refractivity contribution < 1.29 is 24.2 Å². The van der Waals surface area contributed by atoms with Gasteiger partial charge in [0.25, 0.3) is 5.91 Å². The molecule has 0 aromatic heterocycles. The predicted molar refractivity (Wildman–Crippen MR) is 74.0 cm³/mol. The minimum atomic E-state index is -1.06. The van der Waals surface area contributed by atoms with E-state index in [1.165, 1.54) is 12.0 Å². The molecule has 7 heteroatoms. The molecule has 0 aliphatic carbocycles. The van der Waals surface area contributed by atoms with Gasteiger partial charge in [-0.05, 0) is 34.1 Å². The molecule has 1 N–H and O–H groups in total. The molecule has 2 rings (SSSR count). The molecule has 1 aromatic rings. The van der Waals surface area contributed by atoms with Crippen LogP contribution in [0.1, 0.15) is 10.4 Å². The molecule has 1 aromatic carbocycles. The Balaban J connectivity index is 2.20. The number of hydrogen-bond donors (Lipinski definition) is 1. The quantitative estimate of drug-likeness (QED) is 0.897. The van der Waals surface area contributed by atoms with Gasteiger partial charge in [0, 0.05) is 11.0 Å². The van der Waals surface area contributed by atoms with Gasteiger partial charge < -0.3 is 19.5 Å². The van der Waals surface area contributed by atoms with E-state index in [1.54, 1.807) is 18.2 Å². The number of benzene rings is 1. The van der Waals surface area contributed by atoms with Crippen LogP contribution in [0.2, 0.25) is 0 Å². The third-order valence-corrected chi connectivity index (χ3v) is 3.72. The van der Waals surface area contributed by atoms with Crippen molar-refractivity contribution >= 4 is 27.8 Å². The van der Waals surface area contributed by atoms with Gasteiger partial charge in [0.05, 0.1) is 25.8 Å². The largest absolute Gasteiger partial charge is 0.497 e. The monoisotopic (exact) mass is 343 g/mol. The molecule has 0 spiro atoms. The molecule has 1 atom stereocenters. The summed E-state index contributed by atoms with van der Waals surface area (Å²) in [7, 11) is 1.52. The van der Waals surface area contributed by atoms with Crippen molar-refractivity contribution in [3.05, 3.63) is 28.2 Å². The maximum Gasteiger partial charge on any atom is 0.334 e. The summed E-state index contributed by atoms with van der Waals surface area (Å²) in [5.74, 6) is -0.739. The van der Waals surface area contributed by atoms with Crippen molar-refractivity contribution in [1.29, 1.82) is 0 Å². The number of carbonyl (C=O) groups is 2. The van der Waals surface area contributed by atoms with Crippen molar-refractivity contribution in [2.45, 2.75) is 6.10 Å². The standard InChI is InChI=1S/C13H14BrNO5/c1-19-8-2-3-10(14)9(6-8)12(16)15-4-5-20-11(7-15)13(17)18/h2-3,6,11H,4-5,7H2,1H3,(H,17,18). The van der Waals surface area contributed by atoms with Crippen LogP contribution in [0, 0.1) is 0 Å². The van der Waals surface area contributed by atoms with Gasteiger partial charge in [-0.2, -0.15) is 0 Å². The maximum atomic E-state index is 12.4. The SMILES string of the molecule is COc1ccc(Br)c(C(=O)N2CCOC(C(=O)O)C2)c1. The Hall–Kier alpha value is -1.60. The average molecular weight is 344 g/mol. The average Bonchev–Trinajstić information content (AvgIpc) is 2.47. The fraction of sp³-hybridized carbons (Fsp3) is 0.385. The van der Waals surface area contributed by atoms with Gasteiger partial charge in [-0.15, -0.1) is 0 Å².